The Morgan fingerprint density at radius 1 is 1.08 bits per heavy atom. The molecule has 1 heterocycles. The van der Waals surface area contributed by atoms with E-state index in [0.717, 1.165) is 5.56 Å². The predicted molar refractivity (Wildman–Crippen MR) is 99.5 cm³/mol. The summed E-state index contributed by atoms with van der Waals surface area (Å²) in [5.41, 5.74) is 1.00. The van der Waals surface area contributed by atoms with E-state index in [4.69, 9.17) is 25.5 Å². The molecule has 0 unspecified atom stereocenters. The Labute approximate surface area is 150 Å². The molecular formula is C20H19ClO4. The average Bonchev–Trinajstić information content (AvgIpc) is 2.61. The van der Waals surface area contributed by atoms with Crippen molar-refractivity contribution in [1.29, 1.82) is 0 Å². The topological polar surface area (TPSA) is 48.7 Å². The summed E-state index contributed by atoms with van der Waals surface area (Å²) in [6.07, 6.45) is 0.101. The molecular weight excluding hydrogens is 340 g/mol. The van der Waals surface area contributed by atoms with Crippen molar-refractivity contribution >= 4 is 22.6 Å². The molecule has 0 spiro atoms. The summed E-state index contributed by atoms with van der Waals surface area (Å²) in [6, 6.07) is 14.4. The molecule has 0 amide bonds. The Morgan fingerprint density at radius 3 is 2.56 bits per heavy atom. The van der Waals surface area contributed by atoms with Crippen LogP contribution in [0.4, 0.5) is 0 Å². The predicted octanol–water partition coefficient (Wildman–Crippen LogP) is 4.92. The van der Waals surface area contributed by atoms with Gasteiger partial charge in [0, 0.05) is 10.6 Å². The van der Waals surface area contributed by atoms with Crippen LogP contribution in [0.5, 0.6) is 5.75 Å². The lowest BCUT2D eigenvalue weighted by molar-refractivity contribution is 0.0549. The lowest BCUT2D eigenvalue weighted by Gasteiger charge is -2.13. The fraction of sp³-hybridized carbons (Fsp3) is 0.250. The standard InChI is InChI=1S/C20H19ClO4/c1-13(2)23-10-11-24-20-18(22)16-12-15(21)8-9-17(16)25-19(20)14-6-4-3-5-7-14/h3-9,12-13H,10-11H2,1-2H3. The van der Waals surface area contributed by atoms with Crippen molar-refractivity contribution in [2.45, 2.75) is 20.0 Å². The van der Waals surface area contributed by atoms with E-state index in [0.29, 0.717) is 28.4 Å². The second-order valence-electron chi connectivity index (χ2n) is 5.86. The summed E-state index contributed by atoms with van der Waals surface area (Å²) in [4.78, 5) is 12.9. The summed E-state index contributed by atoms with van der Waals surface area (Å²) in [7, 11) is 0. The molecule has 0 aliphatic carbocycles. The van der Waals surface area contributed by atoms with Crippen LogP contribution >= 0.6 is 11.6 Å². The van der Waals surface area contributed by atoms with E-state index in [1.807, 2.05) is 44.2 Å². The monoisotopic (exact) mass is 358 g/mol. The van der Waals surface area contributed by atoms with E-state index >= 15 is 0 Å². The Hall–Kier alpha value is -2.30. The molecule has 2 aromatic carbocycles. The first-order chi connectivity index (χ1) is 12.1. The first-order valence-corrected chi connectivity index (χ1v) is 8.50. The summed E-state index contributed by atoms with van der Waals surface area (Å²) < 4.78 is 17.2. The van der Waals surface area contributed by atoms with Crippen LogP contribution in [0, 0.1) is 0 Å². The average molecular weight is 359 g/mol. The second-order valence-corrected chi connectivity index (χ2v) is 6.30. The fourth-order valence-corrected chi connectivity index (χ4v) is 2.66. The van der Waals surface area contributed by atoms with E-state index in [-0.39, 0.29) is 23.9 Å². The normalized spacial score (nSPS) is 11.2. The molecule has 3 aromatic rings. The van der Waals surface area contributed by atoms with Gasteiger partial charge in [-0.25, -0.2) is 0 Å². The number of fused-ring (bicyclic) bond motifs is 1. The van der Waals surface area contributed by atoms with Gasteiger partial charge in [0.15, 0.2) is 5.76 Å². The number of ether oxygens (including phenoxy) is 2. The molecule has 1 aromatic heterocycles. The van der Waals surface area contributed by atoms with E-state index in [1.54, 1.807) is 18.2 Å². The molecule has 25 heavy (non-hydrogen) atoms. The molecule has 130 valence electrons. The van der Waals surface area contributed by atoms with Gasteiger partial charge in [0.1, 0.15) is 12.2 Å². The summed E-state index contributed by atoms with van der Waals surface area (Å²) in [5.74, 6) is 0.582. The third-order valence-electron chi connectivity index (χ3n) is 3.63. The maximum Gasteiger partial charge on any atom is 0.235 e. The van der Waals surface area contributed by atoms with Crippen LogP contribution in [0.15, 0.2) is 57.7 Å². The van der Waals surface area contributed by atoms with Crippen LogP contribution in [0.3, 0.4) is 0 Å². The van der Waals surface area contributed by atoms with Crippen molar-refractivity contribution < 1.29 is 13.9 Å². The minimum Gasteiger partial charge on any atom is -0.484 e. The van der Waals surface area contributed by atoms with Gasteiger partial charge >= 0.3 is 0 Å². The van der Waals surface area contributed by atoms with Gasteiger partial charge in [0.05, 0.1) is 18.1 Å². The lowest BCUT2D eigenvalue weighted by Crippen LogP contribution is -2.16. The van der Waals surface area contributed by atoms with Crippen LogP contribution in [0.1, 0.15) is 13.8 Å². The van der Waals surface area contributed by atoms with Gasteiger partial charge in [0.25, 0.3) is 0 Å². The number of hydrogen-bond acceptors (Lipinski definition) is 4. The van der Waals surface area contributed by atoms with Gasteiger partial charge in [-0.3, -0.25) is 4.79 Å². The number of hydrogen-bond donors (Lipinski definition) is 0. The highest BCUT2D eigenvalue weighted by Crippen LogP contribution is 2.31. The quantitative estimate of drug-likeness (QED) is 0.587. The molecule has 3 rings (SSSR count). The highest BCUT2D eigenvalue weighted by Gasteiger charge is 2.18. The third-order valence-corrected chi connectivity index (χ3v) is 3.86. The van der Waals surface area contributed by atoms with Crippen LogP contribution in [-0.4, -0.2) is 19.3 Å². The zero-order valence-electron chi connectivity index (χ0n) is 14.1. The van der Waals surface area contributed by atoms with Crippen LogP contribution in [0.25, 0.3) is 22.3 Å². The first kappa shape index (κ1) is 17.5. The van der Waals surface area contributed by atoms with Crippen LogP contribution < -0.4 is 10.2 Å². The molecule has 5 heteroatoms. The summed E-state index contributed by atoms with van der Waals surface area (Å²) >= 11 is 6.02. The molecule has 0 saturated carbocycles. The second kappa shape index (κ2) is 7.72. The molecule has 0 atom stereocenters. The lowest BCUT2D eigenvalue weighted by atomic mass is 10.1. The highest BCUT2D eigenvalue weighted by molar-refractivity contribution is 6.31. The molecule has 0 radical (unpaired) electrons. The largest absolute Gasteiger partial charge is 0.484 e. The fourth-order valence-electron chi connectivity index (χ4n) is 2.49. The number of benzene rings is 2. The molecule has 0 saturated heterocycles. The van der Waals surface area contributed by atoms with Crippen molar-refractivity contribution in [1.82, 2.24) is 0 Å². The number of halogens is 1. The molecule has 4 nitrogen and oxygen atoms in total. The van der Waals surface area contributed by atoms with Gasteiger partial charge in [-0.05, 0) is 32.0 Å². The highest BCUT2D eigenvalue weighted by atomic mass is 35.5. The summed E-state index contributed by atoms with van der Waals surface area (Å²) in [6.45, 7) is 4.54. The van der Waals surface area contributed by atoms with E-state index in [9.17, 15) is 4.79 Å². The van der Waals surface area contributed by atoms with Gasteiger partial charge in [-0.1, -0.05) is 41.9 Å². The first-order valence-electron chi connectivity index (χ1n) is 8.12. The number of rotatable bonds is 6. The van der Waals surface area contributed by atoms with Crippen molar-refractivity contribution in [3.8, 4) is 17.1 Å². The van der Waals surface area contributed by atoms with Crippen molar-refractivity contribution in [2.24, 2.45) is 0 Å². The van der Waals surface area contributed by atoms with E-state index in [2.05, 4.69) is 0 Å². The van der Waals surface area contributed by atoms with Crippen molar-refractivity contribution in [3.63, 3.8) is 0 Å². The van der Waals surface area contributed by atoms with Gasteiger partial charge in [-0.2, -0.15) is 0 Å². The molecule has 0 aliphatic heterocycles. The summed E-state index contributed by atoms with van der Waals surface area (Å²) in [5, 5.41) is 0.869. The van der Waals surface area contributed by atoms with Crippen molar-refractivity contribution in [2.75, 3.05) is 13.2 Å². The van der Waals surface area contributed by atoms with E-state index < -0.39 is 0 Å². The Balaban J connectivity index is 2.07. The zero-order chi connectivity index (χ0) is 17.8. The molecule has 0 aliphatic rings. The van der Waals surface area contributed by atoms with Crippen LogP contribution in [0.2, 0.25) is 5.02 Å². The van der Waals surface area contributed by atoms with Gasteiger partial charge in [-0.15, -0.1) is 0 Å². The van der Waals surface area contributed by atoms with Crippen molar-refractivity contribution in [3.05, 3.63) is 63.8 Å². The molecule has 0 bridgehead atoms. The minimum absolute atomic E-state index is 0.101. The Bertz CT molecular complexity index is 916. The van der Waals surface area contributed by atoms with Gasteiger partial charge in [0.2, 0.25) is 11.2 Å². The van der Waals surface area contributed by atoms with Crippen LogP contribution in [-0.2, 0) is 4.74 Å². The molecule has 0 N–H and O–H groups in total. The zero-order valence-corrected chi connectivity index (χ0v) is 14.9. The minimum atomic E-state index is -0.243. The third kappa shape index (κ3) is 4.03. The van der Waals surface area contributed by atoms with Gasteiger partial charge < -0.3 is 13.9 Å². The maximum atomic E-state index is 12.9. The smallest absolute Gasteiger partial charge is 0.235 e. The Morgan fingerprint density at radius 2 is 1.84 bits per heavy atom. The van der Waals surface area contributed by atoms with E-state index in [1.165, 1.54) is 0 Å². The SMILES string of the molecule is CC(C)OCCOc1c(-c2ccccc2)oc2ccc(Cl)cc2c1=O. The molecule has 0 fully saturated rings. The Kier molecular flexibility index (Phi) is 5.41. The maximum absolute atomic E-state index is 12.9.